The lowest BCUT2D eigenvalue weighted by molar-refractivity contribution is -0.142. The van der Waals surface area contributed by atoms with Gasteiger partial charge in [-0.1, -0.05) is 72.8 Å². The minimum atomic E-state index is -0.712. The molecule has 0 radical (unpaired) electrons. The molecule has 0 fully saturated rings. The number of fused-ring (bicyclic) bond motifs is 9. The first-order valence-electron chi connectivity index (χ1n) is 15.7. The Balaban J connectivity index is 0.000000124. The van der Waals surface area contributed by atoms with Crippen molar-refractivity contribution in [2.24, 2.45) is 0 Å². The van der Waals surface area contributed by atoms with Gasteiger partial charge in [0.05, 0.1) is 11.8 Å². The van der Waals surface area contributed by atoms with Crippen LogP contribution < -0.4 is 0 Å². The monoisotopic (exact) mass is 751 g/mol. The number of ether oxygens (including phenoxy) is 1. The van der Waals surface area contributed by atoms with Gasteiger partial charge < -0.3 is 23.1 Å². The highest BCUT2D eigenvalue weighted by molar-refractivity contribution is 6.52. The number of alkyl halides is 2. The minimum Gasteiger partial charge on any atom is -0.507 e. The van der Waals surface area contributed by atoms with E-state index in [1.807, 2.05) is 24.3 Å². The van der Waals surface area contributed by atoms with Gasteiger partial charge in [-0.05, 0) is 0 Å². The van der Waals surface area contributed by atoms with E-state index in [2.05, 4.69) is 15.0 Å². The van der Waals surface area contributed by atoms with Gasteiger partial charge in [0.1, 0.15) is 11.3 Å². The molecule has 9 rings (SSSR count). The Morgan fingerprint density at radius 3 is 1.66 bits per heavy atom. The van der Waals surface area contributed by atoms with Crippen molar-refractivity contribution in [3.05, 3.63) is 119 Å². The molecule has 0 saturated heterocycles. The molecule has 3 aromatic heterocycles. The summed E-state index contributed by atoms with van der Waals surface area (Å²) in [6, 6.07) is 22.5. The standard InChI is InChI=1S/C14H9NO5.C12H6ClNO3.C12H8ClNO2/c1-7(16)19-6-10-15-11-13(18)12(17)8-4-2-3-5-9(8)14(11)20-10;13-5-8-14-9-11(16)10(15)6-3-1-2-4-7(6)12(9)17-8;13-6-11-14-9-5-10(15)7-3-1-2-4-8(7)12(9)16-11/h2-5H,6H2,1H3;1-4H,5H2;1-5,15H,6H2. The molecule has 2 aliphatic carbocycles. The molecular formula is C38H23Cl2N3O10. The normalized spacial score (nSPS) is 12.6. The summed E-state index contributed by atoms with van der Waals surface area (Å²) in [6.07, 6.45) is 0. The van der Waals surface area contributed by atoms with E-state index in [0.29, 0.717) is 45.0 Å². The van der Waals surface area contributed by atoms with Crippen LogP contribution >= 0.6 is 23.2 Å². The second-order valence-electron chi connectivity index (χ2n) is 11.4. The predicted molar refractivity (Wildman–Crippen MR) is 189 cm³/mol. The molecule has 13 nitrogen and oxygen atoms in total. The number of aromatic hydroxyl groups is 1. The molecule has 1 N–H and O–H groups in total. The molecule has 0 unspecified atom stereocenters. The molecule has 2 aliphatic rings. The molecule has 0 atom stereocenters. The highest BCUT2D eigenvalue weighted by Crippen LogP contribution is 2.36. The number of nitrogens with zero attached hydrogens (tertiary/aromatic N) is 3. The number of esters is 1. The van der Waals surface area contributed by atoms with Crippen LogP contribution in [0.4, 0.5) is 0 Å². The van der Waals surface area contributed by atoms with E-state index in [9.17, 15) is 29.1 Å². The van der Waals surface area contributed by atoms with Crippen LogP contribution in [0.15, 0.2) is 92.1 Å². The van der Waals surface area contributed by atoms with Crippen molar-refractivity contribution < 1.29 is 47.1 Å². The van der Waals surface area contributed by atoms with Crippen molar-refractivity contribution in [3.63, 3.8) is 0 Å². The summed E-state index contributed by atoms with van der Waals surface area (Å²) in [4.78, 5) is 70.3. The van der Waals surface area contributed by atoms with Gasteiger partial charge in [-0.25, -0.2) is 15.0 Å². The number of benzene rings is 4. The lowest BCUT2D eigenvalue weighted by Gasteiger charge is -2.10. The molecule has 0 aliphatic heterocycles. The van der Waals surface area contributed by atoms with Crippen LogP contribution in [-0.4, -0.2) is 49.2 Å². The fourth-order valence-corrected chi connectivity index (χ4v) is 5.97. The van der Waals surface area contributed by atoms with E-state index in [1.54, 1.807) is 54.6 Å². The Labute approximate surface area is 308 Å². The smallest absolute Gasteiger partial charge is 0.303 e. The summed E-state index contributed by atoms with van der Waals surface area (Å²) in [5.74, 6) is -1.13. The number of oxazole rings is 3. The quantitative estimate of drug-likeness (QED) is 0.105. The van der Waals surface area contributed by atoms with Gasteiger partial charge in [-0.2, -0.15) is 0 Å². The average Bonchev–Trinajstić information content (AvgIpc) is 3.93. The Kier molecular flexibility index (Phi) is 9.43. The number of ketones is 4. The van der Waals surface area contributed by atoms with Gasteiger partial charge in [-0.15, -0.1) is 23.2 Å². The van der Waals surface area contributed by atoms with Crippen molar-refractivity contribution >= 4 is 74.2 Å². The number of rotatable bonds is 4. The summed E-state index contributed by atoms with van der Waals surface area (Å²) in [7, 11) is 0. The van der Waals surface area contributed by atoms with Gasteiger partial charge in [0.15, 0.2) is 35.1 Å². The fraction of sp³-hybridized carbons (Fsp3) is 0.105. The van der Waals surface area contributed by atoms with Crippen LogP contribution in [0.1, 0.15) is 66.3 Å². The summed E-state index contributed by atoms with van der Waals surface area (Å²) in [5.41, 5.74) is 3.09. The van der Waals surface area contributed by atoms with Crippen LogP contribution in [0.5, 0.6) is 5.75 Å². The summed E-state index contributed by atoms with van der Waals surface area (Å²) >= 11 is 11.3. The number of phenolic OH excluding ortho intramolecular Hbond substituents is 1. The SMILES string of the molecule is CC(=O)OCc1nc2c(o1)-c1ccccc1C(=O)C2=O.O=C1C(=O)c2nc(CCl)oc2-c2ccccc21.Oc1cc2nc(CCl)oc2c2ccccc12. The second-order valence-corrected chi connectivity index (χ2v) is 12.0. The van der Waals surface area contributed by atoms with E-state index in [1.165, 1.54) is 6.92 Å². The number of carbonyl (C=O) groups excluding carboxylic acids is 5. The zero-order chi connectivity index (χ0) is 37.4. The Morgan fingerprint density at radius 2 is 1.11 bits per heavy atom. The third-order valence-corrected chi connectivity index (χ3v) is 8.52. The first kappa shape index (κ1) is 35.0. The molecular weight excluding hydrogens is 729 g/mol. The Bertz CT molecular complexity index is 2640. The first-order valence-corrected chi connectivity index (χ1v) is 16.8. The zero-order valence-electron chi connectivity index (χ0n) is 27.3. The maximum Gasteiger partial charge on any atom is 0.303 e. The molecule has 4 aromatic carbocycles. The van der Waals surface area contributed by atoms with Crippen LogP contribution in [0, 0.1) is 0 Å². The third-order valence-electron chi connectivity index (χ3n) is 8.06. The molecule has 0 amide bonds. The van der Waals surface area contributed by atoms with E-state index < -0.39 is 29.1 Å². The van der Waals surface area contributed by atoms with E-state index in [4.69, 9.17) is 41.2 Å². The predicted octanol–water partition coefficient (Wildman–Crippen LogP) is 7.67. The van der Waals surface area contributed by atoms with Gasteiger partial charge in [0, 0.05) is 46.0 Å². The van der Waals surface area contributed by atoms with Gasteiger partial charge in [-0.3, -0.25) is 24.0 Å². The lowest BCUT2D eigenvalue weighted by atomic mass is 9.91. The van der Waals surface area contributed by atoms with Crippen molar-refractivity contribution in [3.8, 4) is 28.4 Å². The van der Waals surface area contributed by atoms with Crippen molar-refractivity contribution in [2.75, 3.05) is 0 Å². The molecule has 0 spiro atoms. The van der Waals surface area contributed by atoms with Gasteiger partial charge in [0.25, 0.3) is 11.6 Å². The van der Waals surface area contributed by atoms with E-state index >= 15 is 0 Å². The highest BCUT2D eigenvalue weighted by atomic mass is 35.5. The van der Waals surface area contributed by atoms with Gasteiger partial charge in [0.2, 0.25) is 29.2 Å². The number of carbonyl (C=O) groups is 5. The highest BCUT2D eigenvalue weighted by Gasteiger charge is 2.36. The number of Topliss-reactive ketones (excluding diaryl/α,β-unsaturated/α-hetero) is 4. The fourth-order valence-electron chi connectivity index (χ4n) is 5.74. The number of hydrogen-bond acceptors (Lipinski definition) is 13. The number of hydrogen-bond donors (Lipinski definition) is 1. The Morgan fingerprint density at radius 1 is 0.642 bits per heavy atom. The van der Waals surface area contributed by atoms with Crippen LogP contribution in [-0.2, 0) is 27.9 Å². The van der Waals surface area contributed by atoms with Crippen molar-refractivity contribution in [2.45, 2.75) is 25.3 Å². The van der Waals surface area contributed by atoms with E-state index in [0.717, 1.165) is 10.8 Å². The maximum absolute atomic E-state index is 12.0. The lowest BCUT2D eigenvalue weighted by Crippen LogP contribution is -2.20. The zero-order valence-corrected chi connectivity index (χ0v) is 28.9. The molecule has 7 aromatic rings. The Hall–Kier alpha value is -6.44. The summed E-state index contributed by atoms with van der Waals surface area (Å²) in [5, 5.41) is 11.4. The minimum absolute atomic E-state index is 0.0316. The van der Waals surface area contributed by atoms with Crippen LogP contribution in [0.3, 0.4) is 0 Å². The molecule has 0 saturated carbocycles. The largest absolute Gasteiger partial charge is 0.507 e. The number of aromatic nitrogens is 3. The second kappa shape index (κ2) is 14.3. The van der Waals surface area contributed by atoms with Crippen LogP contribution in [0.2, 0.25) is 0 Å². The summed E-state index contributed by atoms with van der Waals surface area (Å²) in [6.45, 7) is 1.08. The van der Waals surface area contributed by atoms with Gasteiger partial charge >= 0.3 is 5.97 Å². The molecule has 15 heteroatoms. The maximum atomic E-state index is 12.0. The van der Waals surface area contributed by atoms with Crippen LogP contribution in [0.25, 0.3) is 44.5 Å². The number of halogens is 2. The third kappa shape index (κ3) is 6.47. The average molecular weight is 753 g/mol. The van der Waals surface area contributed by atoms with E-state index in [-0.39, 0.29) is 53.0 Å². The van der Waals surface area contributed by atoms with Crippen molar-refractivity contribution in [1.29, 1.82) is 0 Å². The summed E-state index contributed by atoms with van der Waals surface area (Å²) < 4.78 is 21.1. The molecule has 264 valence electrons. The van der Waals surface area contributed by atoms with Crippen molar-refractivity contribution in [1.82, 2.24) is 15.0 Å². The molecule has 0 bridgehead atoms. The number of phenols is 1. The first-order chi connectivity index (χ1) is 25.6. The topological polar surface area (TPSA) is 193 Å². The molecule has 3 heterocycles. The molecule has 53 heavy (non-hydrogen) atoms.